The molecular weight excluding hydrogens is 236 g/mol. The quantitative estimate of drug-likeness (QED) is 0.773. The van der Waals surface area contributed by atoms with Crippen LogP contribution >= 0.6 is 11.6 Å². The van der Waals surface area contributed by atoms with Gasteiger partial charge < -0.3 is 9.64 Å². The summed E-state index contributed by atoms with van der Waals surface area (Å²) in [5.41, 5.74) is 1.20. The fourth-order valence-corrected chi connectivity index (χ4v) is 2.20. The lowest BCUT2D eigenvalue weighted by Crippen LogP contribution is -2.37. The van der Waals surface area contributed by atoms with Crippen LogP contribution in [-0.2, 0) is 4.74 Å². The summed E-state index contributed by atoms with van der Waals surface area (Å²) in [4.78, 5) is 6.77. The number of alkyl halides is 1. The Morgan fingerprint density at radius 2 is 2.18 bits per heavy atom. The Balaban J connectivity index is 1.84. The minimum absolute atomic E-state index is 0.371. The van der Waals surface area contributed by atoms with Crippen LogP contribution in [-0.4, -0.2) is 36.7 Å². The van der Waals surface area contributed by atoms with Crippen molar-refractivity contribution in [1.29, 1.82) is 0 Å². The van der Waals surface area contributed by atoms with Crippen molar-refractivity contribution in [3.63, 3.8) is 0 Å². The van der Waals surface area contributed by atoms with Gasteiger partial charge in [0.1, 0.15) is 5.82 Å². The molecule has 1 aliphatic rings. The molecule has 3 nitrogen and oxygen atoms in total. The van der Waals surface area contributed by atoms with E-state index in [1.807, 2.05) is 6.20 Å². The van der Waals surface area contributed by atoms with Gasteiger partial charge in [0.2, 0.25) is 0 Å². The summed E-state index contributed by atoms with van der Waals surface area (Å²) in [5.74, 6) is 1.66. The van der Waals surface area contributed by atoms with E-state index in [-0.39, 0.29) is 0 Å². The van der Waals surface area contributed by atoms with Gasteiger partial charge in [-0.05, 0) is 31.4 Å². The normalized spacial score (nSPS) is 17.4. The molecule has 94 valence electrons. The van der Waals surface area contributed by atoms with Gasteiger partial charge in [0.25, 0.3) is 0 Å². The smallest absolute Gasteiger partial charge is 0.128 e. The van der Waals surface area contributed by atoms with Crippen LogP contribution < -0.4 is 4.90 Å². The van der Waals surface area contributed by atoms with E-state index in [1.165, 1.54) is 5.56 Å². The maximum absolute atomic E-state index is 5.66. The van der Waals surface area contributed by atoms with Crippen LogP contribution in [0.1, 0.15) is 18.4 Å². The Morgan fingerprint density at radius 1 is 1.41 bits per heavy atom. The monoisotopic (exact) mass is 254 g/mol. The van der Waals surface area contributed by atoms with Crippen molar-refractivity contribution in [2.45, 2.75) is 25.9 Å². The molecule has 2 rings (SSSR count). The molecule has 1 aromatic rings. The molecule has 4 heteroatoms. The maximum atomic E-state index is 5.66. The summed E-state index contributed by atoms with van der Waals surface area (Å²) in [5, 5.41) is 0. The molecule has 17 heavy (non-hydrogen) atoms. The molecule has 1 saturated heterocycles. The average Bonchev–Trinajstić information content (AvgIpc) is 2.38. The number of hydrogen-bond donors (Lipinski definition) is 0. The van der Waals surface area contributed by atoms with E-state index >= 15 is 0 Å². The zero-order valence-corrected chi connectivity index (χ0v) is 11.0. The van der Waals surface area contributed by atoms with Crippen LogP contribution in [0.5, 0.6) is 0 Å². The maximum Gasteiger partial charge on any atom is 0.128 e. The number of aromatic nitrogens is 1. The molecule has 2 heterocycles. The second-order valence-electron chi connectivity index (χ2n) is 4.44. The fraction of sp³-hybridized carbons (Fsp3) is 0.615. The highest BCUT2D eigenvalue weighted by molar-refractivity contribution is 6.17. The van der Waals surface area contributed by atoms with Crippen molar-refractivity contribution in [1.82, 2.24) is 4.98 Å². The van der Waals surface area contributed by atoms with Crippen LogP contribution in [0.2, 0.25) is 0 Å². The summed E-state index contributed by atoms with van der Waals surface area (Å²) >= 11 is 5.61. The van der Waals surface area contributed by atoms with Gasteiger partial charge >= 0.3 is 0 Å². The Bertz CT molecular complexity index is 334. The minimum atomic E-state index is 0.371. The number of aryl methyl sites for hydroxylation is 1. The van der Waals surface area contributed by atoms with E-state index in [0.717, 1.165) is 31.7 Å². The summed E-state index contributed by atoms with van der Waals surface area (Å²) in [6, 6.07) is 4.20. The van der Waals surface area contributed by atoms with Gasteiger partial charge in [0.05, 0.1) is 12.7 Å². The molecule has 0 spiro atoms. The largest absolute Gasteiger partial charge is 0.377 e. The first-order valence-electron chi connectivity index (χ1n) is 6.15. The third-order valence-corrected chi connectivity index (χ3v) is 3.25. The van der Waals surface area contributed by atoms with Crippen LogP contribution in [0.3, 0.4) is 0 Å². The number of rotatable bonds is 4. The number of ether oxygens (including phenoxy) is 1. The highest BCUT2D eigenvalue weighted by Gasteiger charge is 2.20. The third kappa shape index (κ3) is 3.58. The molecule has 1 aromatic heterocycles. The summed E-state index contributed by atoms with van der Waals surface area (Å²) in [7, 11) is 0. The first-order valence-corrected chi connectivity index (χ1v) is 6.68. The van der Waals surface area contributed by atoms with Gasteiger partial charge in [-0.1, -0.05) is 6.07 Å². The summed E-state index contributed by atoms with van der Waals surface area (Å²) < 4.78 is 5.66. The van der Waals surface area contributed by atoms with Crippen molar-refractivity contribution in [3.05, 3.63) is 23.9 Å². The van der Waals surface area contributed by atoms with Gasteiger partial charge in [0, 0.05) is 25.2 Å². The van der Waals surface area contributed by atoms with Crippen molar-refractivity contribution < 1.29 is 4.74 Å². The van der Waals surface area contributed by atoms with Crippen molar-refractivity contribution >= 4 is 17.4 Å². The van der Waals surface area contributed by atoms with E-state index in [2.05, 4.69) is 28.9 Å². The highest BCUT2D eigenvalue weighted by atomic mass is 35.5. The molecule has 0 saturated carbocycles. The van der Waals surface area contributed by atoms with E-state index in [0.29, 0.717) is 18.6 Å². The fourth-order valence-electron chi connectivity index (χ4n) is 2.11. The number of pyridine rings is 1. The lowest BCUT2D eigenvalue weighted by molar-refractivity contribution is 0.0471. The predicted octanol–water partition coefficient (Wildman–Crippen LogP) is 2.61. The molecule has 1 aliphatic heterocycles. The number of nitrogens with zero attached hydrogens (tertiary/aromatic N) is 2. The Hall–Kier alpha value is -0.800. The Morgan fingerprint density at radius 3 is 2.76 bits per heavy atom. The van der Waals surface area contributed by atoms with Gasteiger partial charge in [-0.2, -0.15) is 0 Å². The Kier molecular flexibility index (Phi) is 4.63. The van der Waals surface area contributed by atoms with Crippen LogP contribution in [0.4, 0.5) is 5.82 Å². The molecule has 0 bridgehead atoms. The minimum Gasteiger partial charge on any atom is -0.377 e. The molecular formula is C13H19ClN2O. The van der Waals surface area contributed by atoms with Crippen LogP contribution in [0, 0.1) is 6.92 Å². The van der Waals surface area contributed by atoms with Gasteiger partial charge in [-0.15, -0.1) is 11.6 Å². The predicted molar refractivity (Wildman–Crippen MR) is 70.9 cm³/mol. The summed E-state index contributed by atoms with van der Waals surface area (Å²) in [6.45, 7) is 4.75. The van der Waals surface area contributed by atoms with Crippen LogP contribution in [0.25, 0.3) is 0 Å². The standard InChI is InChI=1S/C13H19ClN2O/c1-11-2-3-13(15-10-11)16-7-4-12(5-8-16)17-9-6-14/h2-3,10,12H,4-9H2,1H3. The summed E-state index contributed by atoms with van der Waals surface area (Å²) in [6.07, 6.45) is 4.42. The lowest BCUT2D eigenvalue weighted by Gasteiger charge is -2.32. The average molecular weight is 255 g/mol. The third-order valence-electron chi connectivity index (χ3n) is 3.09. The topological polar surface area (TPSA) is 25.4 Å². The molecule has 0 atom stereocenters. The number of anilines is 1. The van der Waals surface area contributed by atoms with E-state index in [9.17, 15) is 0 Å². The molecule has 0 aliphatic carbocycles. The zero-order chi connectivity index (χ0) is 12.1. The van der Waals surface area contributed by atoms with Gasteiger partial charge in [-0.3, -0.25) is 0 Å². The van der Waals surface area contributed by atoms with Crippen LogP contribution in [0.15, 0.2) is 18.3 Å². The molecule has 0 aromatic carbocycles. The first-order chi connectivity index (χ1) is 8.29. The number of hydrogen-bond acceptors (Lipinski definition) is 3. The number of halogens is 1. The first kappa shape index (κ1) is 12.7. The molecule has 0 N–H and O–H groups in total. The van der Waals surface area contributed by atoms with Crippen molar-refractivity contribution in [3.8, 4) is 0 Å². The lowest BCUT2D eigenvalue weighted by atomic mass is 10.1. The SMILES string of the molecule is Cc1ccc(N2CCC(OCCCl)CC2)nc1. The number of piperidine rings is 1. The Labute approximate surface area is 108 Å². The van der Waals surface area contributed by atoms with Crippen molar-refractivity contribution in [2.75, 3.05) is 30.5 Å². The van der Waals surface area contributed by atoms with Gasteiger partial charge in [0.15, 0.2) is 0 Å². The highest BCUT2D eigenvalue weighted by Crippen LogP contribution is 2.19. The zero-order valence-electron chi connectivity index (χ0n) is 10.2. The van der Waals surface area contributed by atoms with E-state index in [1.54, 1.807) is 0 Å². The second kappa shape index (κ2) is 6.22. The molecule has 0 unspecified atom stereocenters. The van der Waals surface area contributed by atoms with E-state index in [4.69, 9.17) is 16.3 Å². The molecule has 0 amide bonds. The van der Waals surface area contributed by atoms with E-state index < -0.39 is 0 Å². The van der Waals surface area contributed by atoms with Gasteiger partial charge in [-0.25, -0.2) is 4.98 Å². The molecule has 0 radical (unpaired) electrons. The molecule has 1 fully saturated rings. The van der Waals surface area contributed by atoms with Crippen molar-refractivity contribution in [2.24, 2.45) is 0 Å². The second-order valence-corrected chi connectivity index (χ2v) is 4.82.